The number of nitrogens with zero attached hydrogens (tertiary/aromatic N) is 4. The number of carboxylic acids is 1. The Hall–Kier alpha value is -2.70. The molecule has 1 aromatic carbocycles. The number of hydrogen-bond donors (Lipinski definition) is 1. The molecule has 7 heteroatoms. The van der Waals surface area contributed by atoms with Gasteiger partial charge in [0.05, 0.1) is 13.1 Å². The summed E-state index contributed by atoms with van der Waals surface area (Å²) < 4.78 is 1.77. The molecule has 3 rings (SSSR count). The monoisotopic (exact) mass is 342 g/mol. The molecule has 2 unspecified atom stereocenters. The number of carbonyl (C=O) groups excluding carboxylic acids is 1. The van der Waals surface area contributed by atoms with E-state index < -0.39 is 12.0 Å². The molecule has 1 aliphatic rings. The van der Waals surface area contributed by atoms with Crippen LogP contribution in [0, 0.1) is 6.92 Å². The number of benzene rings is 1. The summed E-state index contributed by atoms with van der Waals surface area (Å²) in [6.45, 7) is 4.20. The van der Waals surface area contributed by atoms with Gasteiger partial charge < -0.3 is 14.6 Å². The number of hydrogen-bond acceptors (Lipinski definition) is 4. The number of fused-ring (bicyclic) bond motifs is 1. The van der Waals surface area contributed by atoms with Gasteiger partial charge in [-0.15, -0.1) is 10.2 Å². The standard InChI is InChI=1S/C18H22N4O3/c1-3-13(14-7-5-4-6-8-14)9-17(23)22-11-16-20-19-12(2)21(16)10-15(22)18(24)25/h4-8,13,15H,3,9-11H2,1-2H3,(H,24,25). The van der Waals surface area contributed by atoms with Gasteiger partial charge in [-0.05, 0) is 24.8 Å². The van der Waals surface area contributed by atoms with Gasteiger partial charge in [0, 0.05) is 6.42 Å². The van der Waals surface area contributed by atoms with Gasteiger partial charge in [-0.25, -0.2) is 4.79 Å². The third kappa shape index (κ3) is 3.40. The Morgan fingerprint density at radius 3 is 2.64 bits per heavy atom. The van der Waals surface area contributed by atoms with Crippen LogP contribution in [0.3, 0.4) is 0 Å². The summed E-state index contributed by atoms with van der Waals surface area (Å²) in [5, 5.41) is 17.6. The zero-order chi connectivity index (χ0) is 18.0. The third-order valence-corrected chi connectivity index (χ3v) is 4.85. The van der Waals surface area contributed by atoms with Crippen molar-refractivity contribution in [3.63, 3.8) is 0 Å². The molecule has 2 aromatic rings. The smallest absolute Gasteiger partial charge is 0.328 e. The summed E-state index contributed by atoms with van der Waals surface area (Å²) >= 11 is 0. The van der Waals surface area contributed by atoms with Crippen molar-refractivity contribution in [1.82, 2.24) is 19.7 Å². The van der Waals surface area contributed by atoms with Crippen LogP contribution in [-0.4, -0.2) is 42.7 Å². The molecule has 1 N–H and O–H groups in total. The highest BCUT2D eigenvalue weighted by Gasteiger charge is 2.36. The number of amides is 1. The van der Waals surface area contributed by atoms with Crippen molar-refractivity contribution < 1.29 is 14.7 Å². The van der Waals surface area contributed by atoms with Crippen LogP contribution in [0.5, 0.6) is 0 Å². The molecule has 0 saturated carbocycles. The van der Waals surface area contributed by atoms with Gasteiger partial charge in [0.2, 0.25) is 5.91 Å². The Bertz CT molecular complexity index is 772. The fourth-order valence-corrected chi connectivity index (χ4v) is 3.34. The Balaban J connectivity index is 1.81. The van der Waals surface area contributed by atoms with Gasteiger partial charge in [0.15, 0.2) is 5.82 Å². The van der Waals surface area contributed by atoms with E-state index >= 15 is 0 Å². The van der Waals surface area contributed by atoms with E-state index in [0.29, 0.717) is 11.6 Å². The second-order valence-electron chi connectivity index (χ2n) is 6.37. The first-order valence-electron chi connectivity index (χ1n) is 8.47. The molecular formula is C18H22N4O3. The minimum absolute atomic E-state index is 0.0738. The van der Waals surface area contributed by atoms with Gasteiger partial charge in [0.25, 0.3) is 0 Å². The predicted octanol–water partition coefficient (Wildman–Crippen LogP) is 1.97. The first-order chi connectivity index (χ1) is 12.0. The molecule has 25 heavy (non-hydrogen) atoms. The molecule has 1 aromatic heterocycles. The van der Waals surface area contributed by atoms with Crippen LogP contribution in [0.4, 0.5) is 0 Å². The van der Waals surface area contributed by atoms with Crippen LogP contribution in [-0.2, 0) is 22.7 Å². The van der Waals surface area contributed by atoms with Crippen LogP contribution in [0.1, 0.15) is 42.9 Å². The van der Waals surface area contributed by atoms with Crippen molar-refractivity contribution in [3.8, 4) is 0 Å². The molecule has 0 fully saturated rings. The highest BCUT2D eigenvalue weighted by molar-refractivity contribution is 5.84. The molecule has 0 saturated heterocycles. The Kier molecular flexibility index (Phi) is 4.83. The summed E-state index contributed by atoms with van der Waals surface area (Å²) in [4.78, 5) is 26.0. The highest BCUT2D eigenvalue weighted by Crippen LogP contribution is 2.26. The summed E-state index contributed by atoms with van der Waals surface area (Å²) in [5.74, 6) is 0.222. The average molecular weight is 342 g/mol. The molecule has 2 atom stereocenters. The molecule has 132 valence electrons. The van der Waals surface area contributed by atoms with E-state index in [9.17, 15) is 14.7 Å². The maximum Gasteiger partial charge on any atom is 0.328 e. The van der Waals surface area contributed by atoms with Crippen molar-refractivity contribution in [2.24, 2.45) is 0 Å². The minimum Gasteiger partial charge on any atom is -0.480 e. The topological polar surface area (TPSA) is 88.3 Å². The number of rotatable bonds is 5. The Morgan fingerprint density at radius 2 is 2.00 bits per heavy atom. The first-order valence-corrected chi connectivity index (χ1v) is 8.47. The van der Waals surface area contributed by atoms with Crippen molar-refractivity contribution >= 4 is 11.9 Å². The average Bonchev–Trinajstić information content (AvgIpc) is 2.99. The molecule has 0 bridgehead atoms. The molecule has 2 heterocycles. The molecular weight excluding hydrogens is 320 g/mol. The van der Waals surface area contributed by atoms with Crippen molar-refractivity contribution in [2.75, 3.05) is 0 Å². The molecule has 0 aliphatic carbocycles. The molecule has 1 amide bonds. The predicted molar refractivity (Wildman–Crippen MR) is 90.8 cm³/mol. The van der Waals surface area contributed by atoms with E-state index in [1.807, 2.05) is 37.3 Å². The van der Waals surface area contributed by atoms with Gasteiger partial charge in [0.1, 0.15) is 11.9 Å². The lowest BCUT2D eigenvalue weighted by atomic mass is 9.92. The second-order valence-corrected chi connectivity index (χ2v) is 6.37. The van der Waals surface area contributed by atoms with E-state index in [-0.39, 0.29) is 31.3 Å². The fraction of sp³-hybridized carbons (Fsp3) is 0.444. The van der Waals surface area contributed by atoms with E-state index in [1.165, 1.54) is 4.90 Å². The zero-order valence-electron chi connectivity index (χ0n) is 14.4. The van der Waals surface area contributed by atoms with Crippen LogP contribution in [0.15, 0.2) is 30.3 Å². The molecule has 1 aliphatic heterocycles. The van der Waals surface area contributed by atoms with Gasteiger partial charge >= 0.3 is 5.97 Å². The van der Waals surface area contributed by atoms with E-state index in [0.717, 1.165) is 12.0 Å². The normalized spacial score (nSPS) is 17.8. The number of aromatic nitrogens is 3. The van der Waals surface area contributed by atoms with E-state index in [1.54, 1.807) is 11.5 Å². The van der Waals surface area contributed by atoms with Crippen LogP contribution in [0.25, 0.3) is 0 Å². The summed E-state index contributed by atoms with van der Waals surface area (Å²) in [6.07, 6.45) is 1.11. The number of carboxylic acid groups (broad SMARTS) is 1. The summed E-state index contributed by atoms with van der Waals surface area (Å²) in [5.41, 5.74) is 1.10. The first kappa shape index (κ1) is 17.1. The summed E-state index contributed by atoms with van der Waals surface area (Å²) in [6, 6.07) is 8.98. The SMILES string of the molecule is CCC(CC(=O)N1Cc2nnc(C)n2CC1C(=O)O)c1ccccc1. The van der Waals surface area contributed by atoms with Crippen molar-refractivity contribution in [2.45, 2.75) is 51.7 Å². The molecule has 0 spiro atoms. The maximum atomic E-state index is 12.9. The zero-order valence-corrected chi connectivity index (χ0v) is 14.4. The fourth-order valence-electron chi connectivity index (χ4n) is 3.34. The highest BCUT2D eigenvalue weighted by atomic mass is 16.4. The van der Waals surface area contributed by atoms with E-state index in [4.69, 9.17) is 0 Å². The lowest BCUT2D eigenvalue weighted by Gasteiger charge is -2.34. The molecule has 7 nitrogen and oxygen atoms in total. The van der Waals surface area contributed by atoms with Crippen LogP contribution in [0.2, 0.25) is 0 Å². The quantitative estimate of drug-likeness (QED) is 0.897. The van der Waals surface area contributed by atoms with Gasteiger partial charge in [-0.2, -0.15) is 0 Å². The molecule has 0 radical (unpaired) electrons. The Labute approximate surface area is 146 Å². The van der Waals surface area contributed by atoms with Crippen molar-refractivity contribution in [3.05, 3.63) is 47.5 Å². The number of aliphatic carboxylic acids is 1. The Morgan fingerprint density at radius 1 is 1.28 bits per heavy atom. The van der Waals surface area contributed by atoms with Crippen molar-refractivity contribution in [1.29, 1.82) is 0 Å². The van der Waals surface area contributed by atoms with Crippen LogP contribution >= 0.6 is 0 Å². The maximum absolute atomic E-state index is 12.9. The number of aryl methyl sites for hydroxylation is 1. The second kappa shape index (κ2) is 7.04. The minimum atomic E-state index is -1.00. The summed E-state index contributed by atoms with van der Waals surface area (Å²) in [7, 11) is 0. The lowest BCUT2D eigenvalue weighted by molar-refractivity contribution is -0.153. The number of carbonyl (C=O) groups is 2. The largest absolute Gasteiger partial charge is 0.480 e. The van der Waals surface area contributed by atoms with Gasteiger partial charge in [-0.3, -0.25) is 4.79 Å². The third-order valence-electron chi connectivity index (χ3n) is 4.85. The van der Waals surface area contributed by atoms with E-state index in [2.05, 4.69) is 10.2 Å². The van der Waals surface area contributed by atoms with Gasteiger partial charge in [-0.1, -0.05) is 37.3 Å². The lowest BCUT2D eigenvalue weighted by Crippen LogP contribution is -2.51. The van der Waals surface area contributed by atoms with Crippen LogP contribution < -0.4 is 0 Å².